The molecule has 5 heteroatoms. The Kier molecular flexibility index (Phi) is 6.17. The van der Waals surface area contributed by atoms with E-state index in [1.807, 2.05) is 19.2 Å². The standard InChI is InChI=1S/C10H16ClNO2S/c1-3-13-4-5-14-8(2)10-12-9(6-11)7-15-10/h7-8H,3-6H2,1-2H3. The highest BCUT2D eigenvalue weighted by Gasteiger charge is 2.10. The number of hydrogen-bond acceptors (Lipinski definition) is 4. The van der Waals surface area contributed by atoms with Gasteiger partial charge in [-0.05, 0) is 13.8 Å². The minimum absolute atomic E-state index is 0.0208. The molecule has 15 heavy (non-hydrogen) atoms. The third kappa shape index (κ3) is 4.47. The lowest BCUT2D eigenvalue weighted by Crippen LogP contribution is -2.07. The maximum Gasteiger partial charge on any atom is 0.122 e. The topological polar surface area (TPSA) is 31.4 Å². The molecule has 3 nitrogen and oxygen atoms in total. The maximum absolute atomic E-state index is 5.67. The van der Waals surface area contributed by atoms with Crippen molar-refractivity contribution in [2.75, 3.05) is 19.8 Å². The van der Waals surface area contributed by atoms with Crippen molar-refractivity contribution in [1.82, 2.24) is 4.98 Å². The third-order valence-electron chi connectivity index (χ3n) is 1.85. The van der Waals surface area contributed by atoms with Crippen molar-refractivity contribution >= 4 is 22.9 Å². The smallest absolute Gasteiger partial charge is 0.122 e. The van der Waals surface area contributed by atoms with E-state index in [0.29, 0.717) is 19.1 Å². The molecular weight excluding hydrogens is 234 g/mol. The Hall–Kier alpha value is -0.160. The van der Waals surface area contributed by atoms with Crippen LogP contribution in [0, 0.1) is 0 Å². The summed E-state index contributed by atoms with van der Waals surface area (Å²) in [5.41, 5.74) is 0.914. The van der Waals surface area contributed by atoms with Crippen LogP contribution in [0.1, 0.15) is 30.7 Å². The molecule has 0 amide bonds. The van der Waals surface area contributed by atoms with Crippen molar-refractivity contribution < 1.29 is 9.47 Å². The summed E-state index contributed by atoms with van der Waals surface area (Å²) in [5, 5.41) is 2.94. The van der Waals surface area contributed by atoms with Gasteiger partial charge in [0, 0.05) is 12.0 Å². The zero-order chi connectivity index (χ0) is 11.1. The minimum Gasteiger partial charge on any atom is -0.379 e. The van der Waals surface area contributed by atoms with E-state index < -0.39 is 0 Å². The highest BCUT2D eigenvalue weighted by Crippen LogP contribution is 2.21. The summed E-state index contributed by atoms with van der Waals surface area (Å²) in [6.45, 7) is 5.92. The van der Waals surface area contributed by atoms with Crippen LogP contribution >= 0.6 is 22.9 Å². The predicted octanol–water partition coefficient (Wildman–Crippen LogP) is 3.00. The van der Waals surface area contributed by atoms with E-state index in [9.17, 15) is 0 Å². The SMILES string of the molecule is CCOCCOC(C)c1nc(CCl)cs1. The van der Waals surface area contributed by atoms with Gasteiger partial charge in [0.2, 0.25) is 0 Å². The minimum atomic E-state index is 0.0208. The molecule has 0 saturated heterocycles. The molecule has 1 heterocycles. The largest absolute Gasteiger partial charge is 0.379 e. The van der Waals surface area contributed by atoms with Crippen molar-refractivity contribution in [2.45, 2.75) is 25.8 Å². The van der Waals surface area contributed by atoms with Crippen LogP contribution in [-0.2, 0) is 15.4 Å². The van der Waals surface area contributed by atoms with Gasteiger partial charge in [-0.25, -0.2) is 4.98 Å². The van der Waals surface area contributed by atoms with Gasteiger partial charge >= 0.3 is 0 Å². The highest BCUT2D eigenvalue weighted by atomic mass is 35.5. The summed E-state index contributed by atoms with van der Waals surface area (Å²) in [6, 6.07) is 0. The molecule has 0 aliphatic rings. The number of hydrogen-bond donors (Lipinski definition) is 0. The van der Waals surface area contributed by atoms with Crippen LogP contribution < -0.4 is 0 Å². The van der Waals surface area contributed by atoms with Gasteiger partial charge in [0.15, 0.2) is 0 Å². The first kappa shape index (κ1) is 12.9. The lowest BCUT2D eigenvalue weighted by molar-refractivity contribution is 0.0145. The number of thiazole rings is 1. The van der Waals surface area contributed by atoms with Crippen molar-refractivity contribution in [3.05, 3.63) is 16.1 Å². The molecule has 0 radical (unpaired) electrons. The van der Waals surface area contributed by atoms with Crippen LogP contribution in [0.4, 0.5) is 0 Å². The molecule has 1 atom stereocenters. The van der Waals surface area contributed by atoms with E-state index in [0.717, 1.165) is 17.3 Å². The number of nitrogens with zero attached hydrogens (tertiary/aromatic N) is 1. The normalized spacial score (nSPS) is 13.0. The Bertz CT molecular complexity index is 280. The van der Waals surface area contributed by atoms with Gasteiger partial charge in [0.1, 0.15) is 11.1 Å². The molecule has 0 aromatic carbocycles. The number of halogens is 1. The van der Waals surface area contributed by atoms with Gasteiger partial charge in [0.25, 0.3) is 0 Å². The Morgan fingerprint density at radius 2 is 2.33 bits per heavy atom. The van der Waals surface area contributed by atoms with Gasteiger partial charge in [-0.3, -0.25) is 0 Å². The van der Waals surface area contributed by atoms with E-state index in [-0.39, 0.29) is 6.10 Å². The van der Waals surface area contributed by atoms with Crippen molar-refractivity contribution in [3.63, 3.8) is 0 Å². The fourth-order valence-corrected chi connectivity index (χ4v) is 2.12. The summed E-state index contributed by atoms with van der Waals surface area (Å²) in [5.74, 6) is 0.460. The van der Waals surface area contributed by atoms with Crippen molar-refractivity contribution in [1.29, 1.82) is 0 Å². The zero-order valence-electron chi connectivity index (χ0n) is 9.03. The number of ether oxygens (including phenoxy) is 2. The first-order chi connectivity index (χ1) is 7.27. The highest BCUT2D eigenvalue weighted by molar-refractivity contribution is 7.09. The average Bonchev–Trinajstić information content (AvgIpc) is 2.72. The van der Waals surface area contributed by atoms with Gasteiger partial charge < -0.3 is 9.47 Å². The van der Waals surface area contributed by atoms with Crippen LogP contribution in [-0.4, -0.2) is 24.8 Å². The zero-order valence-corrected chi connectivity index (χ0v) is 10.6. The molecule has 1 unspecified atom stereocenters. The molecule has 1 aromatic rings. The molecule has 0 fully saturated rings. The Labute approximate surface area is 99.4 Å². The van der Waals surface area contributed by atoms with Gasteiger partial charge in [-0.2, -0.15) is 0 Å². The second-order valence-electron chi connectivity index (χ2n) is 3.02. The monoisotopic (exact) mass is 249 g/mol. The fraction of sp³-hybridized carbons (Fsp3) is 0.700. The first-order valence-electron chi connectivity index (χ1n) is 4.97. The molecule has 0 saturated carbocycles. The predicted molar refractivity (Wildman–Crippen MR) is 62.5 cm³/mol. The summed E-state index contributed by atoms with van der Waals surface area (Å²) < 4.78 is 10.8. The molecule has 1 aromatic heterocycles. The van der Waals surface area contributed by atoms with Crippen LogP contribution in [0.5, 0.6) is 0 Å². The summed E-state index contributed by atoms with van der Waals surface area (Å²) in [6.07, 6.45) is 0.0208. The second-order valence-corrected chi connectivity index (χ2v) is 4.18. The van der Waals surface area contributed by atoms with E-state index in [1.165, 1.54) is 0 Å². The summed E-state index contributed by atoms with van der Waals surface area (Å²) >= 11 is 7.26. The first-order valence-corrected chi connectivity index (χ1v) is 6.39. The molecule has 1 rings (SSSR count). The van der Waals surface area contributed by atoms with Gasteiger partial charge in [-0.15, -0.1) is 22.9 Å². The third-order valence-corrected chi connectivity index (χ3v) is 3.18. The molecule has 0 bridgehead atoms. The van der Waals surface area contributed by atoms with E-state index in [2.05, 4.69) is 4.98 Å². The van der Waals surface area contributed by atoms with Gasteiger partial charge in [-0.1, -0.05) is 0 Å². The molecule has 0 N–H and O–H groups in total. The van der Waals surface area contributed by atoms with Crippen LogP contribution in [0.3, 0.4) is 0 Å². The van der Waals surface area contributed by atoms with Crippen LogP contribution in [0.2, 0.25) is 0 Å². The second kappa shape index (κ2) is 7.17. The maximum atomic E-state index is 5.67. The molecule has 86 valence electrons. The Morgan fingerprint density at radius 3 is 2.93 bits per heavy atom. The fourth-order valence-electron chi connectivity index (χ4n) is 1.07. The lowest BCUT2D eigenvalue weighted by atomic mass is 10.4. The summed E-state index contributed by atoms with van der Waals surface area (Å²) in [4.78, 5) is 4.35. The van der Waals surface area contributed by atoms with E-state index in [1.54, 1.807) is 11.3 Å². The van der Waals surface area contributed by atoms with Crippen LogP contribution in [0.15, 0.2) is 5.38 Å². The van der Waals surface area contributed by atoms with Crippen molar-refractivity contribution in [3.8, 4) is 0 Å². The van der Waals surface area contributed by atoms with E-state index >= 15 is 0 Å². The molecule has 0 spiro atoms. The molecule has 0 aliphatic carbocycles. The summed E-state index contributed by atoms with van der Waals surface area (Å²) in [7, 11) is 0. The van der Waals surface area contributed by atoms with Gasteiger partial charge in [0.05, 0.1) is 24.8 Å². The number of aromatic nitrogens is 1. The number of rotatable bonds is 7. The Balaban J connectivity index is 2.29. The number of alkyl halides is 1. The Morgan fingerprint density at radius 1 is 1.53 bits per heavy atom. The molecule has 0 aliphatic heterocycles. The molecular formula is C10H16ClNO2S. The quantitative estimate of drug-likeness (QED) is 0.550. The van der Waals surface area contributed by atoms with E-state index in [4.69, 9.17) is 21.1 Å². The van der Waals surface area contributed by atoms with Crippen molar-refractivity contribution in [2.24, 2.45) is 0 Å². The average molecular weight is 250 g/mol. The lowest BCUT2D eigenvalue weighted by Gasteiger charge is -2.09. The van der Waals surface area contributed by atoms with Crippen LogP contribution in [0.25, 0.3) is 0 Å².